The predicted octanol–water partition coefficient (Wildman–Crippen LogP) is -0.138. The van der Waals surface area contributed by atoms with E-state index < -0.39 is 24.1 Å². The molecule has 0 radical (unpaired) electrons. The van der Waals surface area contributed by atoms with E-state index in [0.717, 1.165) is 0 Å². The van der Waals surface area contributed by atoms with Crippen LogP contribution in [0.25, 0.3) is 0 Å². The zero-order valence-electron chi connectivity index (χ0n) is 7.94. The topological polar surface area (TPSA) is 72.8 Å². The summed E-state index contributed by atoms with van der Waals surface area (Å²) < 4.78 is 9.15. The Bertz CT molecular complexity index is 187. The Morgan fingerprint density at radius 2 is 1.85 bits per heavy atom. The Morgan fingerprint density at radius 1 is 1.31 bits per heavy atom. The second kappa shape index (κ2) is 5.53. The lowest BCUT2D eigenvalue weighted by molar-refractivity contribution is -0.171. The molecular weight excluding hydrogens is 176 g/mol. The summed E-state index contributed by atoms with van der Waals surface area (Å²) in [7, 11) is 0. The van der Waals surface area contributed by atoms with Crippen LogP contribution in [0.15, 0.2) is 0 Å². The normalized spacial score (nSPS) is 14.5. The van der Waals surface area contributed by atoms with Crippen LogP contribution in [0.3, 0.4) is 0 Å². The lowest BCUT2D eigenvalue weighted by Gasteiger charge is -2.12. The molecule has 0 aliphatic carbocycles. The maximum atomic E-state index is 10.9. The van der Waals surface area contributed by atoms with Crippen LogP contribution in [0.1, 0.15) is 20.8 Å². The van der Waals surface area contributed by atoms with Crippen LogP contribution in [0.5, 0.6) is 0 Å². The summed E-state index contributed by atoms with van der Waals surface area (Å²) in [5.74, 6) is -1.45. The second-order valence-electron chi connectivity index (χ2n) is 2.51. The lowest BCUT2D eigenvalue weighted by atomic mass is 10.4. The van der Waals surface area contributed by atoms with Gasteiger partial charge in [-0.05, 0) is 20.8 Å². The maximum absolute atomic E-state index is 10.9. The highest BCUT2D eigenvalue weighted by Gasteiger charge is 2.20. The van der Waals surface area contributed by atoms with Crippen molar-refractivity contribution in [3.05, 3.63) is 0 Å². The molecule has 0 bridgehead atoms. The maximum Gasteiger partial charge on any atom is 0.347 e. The summed E-state index contributed by atoms with van der Waals surface area (Å²) in [5, 5.41) is 8.75. The molecule has 0 aliphatic rings. The smallest absolute Gasteiger partial charge is 0.347 e. The Balaban J connectivity index is 3.92. The minimum atomic E-state index is -1.23. The number of carbonyl (C=O) groups is 2. The van der Waals surface area contributed by atoms with Gasteiger partial charge in [0.15, 0.2) is 6.10 Å². The highest BCUT2D eigenvalue weighted by Crippen LogP contribution is 1.97. The molecule has 5 nitrogen and oxygen atoms in total. The minimum absolute atomic E-state index is 0.232. The molecule has 0 spiro atoms. The van der Waals surface area contributed by atoms with Gasteiger partial charge in [0.2, 0.25) is 0 Å². The van der Waals surface area contributed by atoms with Crippen LogP contribution in [-0.4, -0.2) is 35.9 Å². The van der Waals surface area contributed by atoms with Crippen molar-refractivity contribution in [1.29, 1.82) is 0 Å². The van der Waals surface area contributed by atoms with Crippen LogP contribution in [0.2, 0.25) is 0 Å². The number of aliphatic hydroxyl groups is 1. The molecule has 0 unspecified atom stereocenters. The van der Waals surface area contributed by atoms with E-state index in [4.69, 9.17) is 5.11 Å². The van der Waals surface area contributed by atoms with Gasteiger partial charge in [0.05, 0.1) is 6.61 Å². The molecule has 0 fully saturated rings. The fourth-order valence-electron chi connectivity index (χ4n) is 0.580. The van der Waals surface area contributed by atoms with Gasteiger partial charge in [-0.15, -0.1) is 0 Å². The monoisotopic (exact) mass is 190 g/mol. The van der Waals surface area contributed by atoms with E-state index >= 15 is 0 Å². The van der Waals surface area contributed by atoms with Gasteiger partial charge in [0.25, 0.3) is 0 Å². The van der Waals surface area contributed by atoms with Gasteiger partial charge in [0, 0.05) is 0 Å². The molecule has 0 amide bonds. The molecule has 0 aromatic heterocycles. The largest absolute Gasteiger partial charge is 0.463 e. The van der Waals surface area contributed by atoms with Crippen molar-refractivity contribution in [2.24, 2.45) is 0 Å². The van der Waals surface area contributed by atoms with E-state index in [-0.39, 0.29) is 6.61 Å². The zero-order valence-corrected chi connectivity index (χ0v) is 7.94. The van der Waals surface area contributed by atoms with Crippen LogP contribution in [0, 0.1) is 0 Å². The average Bonchev–Trinajstić information content (AvgIpc) is 2.04. The first-order chi connectivity index (χ1) is 5.99. The van der Waals surface area contributed by atoms with Crippen molar-refractivity contribution < 1.29 is 24.2 Å². The van der Waals surface area contributed by atoms with Crippen LogP contribution in [-0.2, 0) is 19.1 Å². The number of ether oxygens (including phenoxy) is 2. The summed E-state index contributed by atoms with van der Waals surface area (Å²) >= 11 is 0. The van der Waals surface area contributed by atoms with Gasteiger partial charge in [-0.1, -0.05) is 0 Å². The molecule has 2 atom stereocenters. The first kappa shape index (κ1) is 11.9. The summed E-state index contributed by atoms with van der Waals surface area (Å²) in [4.78, 5) is 21.7. The zero-order chi connectivity index (χ0) is 10.4. The quantitative estimate of drug-likeness (QED) is 0.625. The summed E-state index contributed by atoms with van der Waals surface area (Å²) in [6.45, 7) is 4.54. The molecule has 13 heavy (non-hydrogen) atoms. The van der Waals surface area contributed by atoms with Crippen molar-refractivity contribution in [3.8, 4) is 0 Å². The number of esters is 2. The van der Waals surface area contributed by atoms with Crippen molar-refractivity contribution in [3.63, 3.8) is 0 Å². The van der Waals surface area contributed by atoms with Gasteiger partial charge in [-0.3, -0.25) is 0 Å². The third kappa shape index (κ3) is 4.47. The third-order valence-electron chi connectivity index (χ3n) is 1.25. The molecule has 0 heterocycles. The number of carbonyl (C=O) groups excluding carboxylic acids is 2. The lowest BCUT2D eigenvalue weighted by Crippen LogP contribution is -2.30. The fourth-order valence-corrected chi connectivity index (χ4v) is 0.580. The van der Waals surface area contributed by atoms with E-state index in [0.29, 0.717) is 0 Å². The highest BCUT2D eigenvalue weighted by molar-refractivity contribution is 5.80. The van der Waals surface area contributed by atoms with Gasteiger partial charge in [-0.2, -0.15) is 0 Å². The molecule has 5 heteroatoms. The van der Waals surface area contributed by atoms with Crippen molar-refractivity contribution in [2.75, 3.05) is 6.61 Å². The van der Waals surface area contributed by atoms with Crippen molar-refractivity contribution in [2.45, 2.75) is 33.0 Å². The third-order valence-corrected chi connectivity index (χ3v) is 1.25. The molecule has 0 saturated heterocycles. The number of aliphatic hydroxyl groups excluding tert-OH is 1. The SMILES string of the molecule is CCOC(=O)[C@H](C)OC(=O)[C@H](C)O. The molecule has 0 rings (SSSR count). The molecule has 1 N–H and O–H groups in total. The minimum Gasteiger partial charge on any atom is -0.463 e. The fraction of sp³-hybridized carbons (Fsp3) is 0.750. The van der Waals surface area contributed by atoms with Crippen molar-refractivity contribution in [1.82, 2.24) is 0 Å². The van der Waals surface area contributed by atoms with E-state index in [2.05, 4.69) is 9.47 Å². The van der Waals surface area contributed by atoms with Gasteiger partial charge in [0.1, 0.15) is 6.10 Å². The van der Waals surface area contributed by atoms with E-state index in [1.54, 1.807) is 6.92 Å². The molecule has 0 aromatic carbocycles. The first-order valence-corrected chi connectivity index (χ1v) is 4.04. The average molecular weight is 190 g/mol. The van der Waals surface area contributed by atoms with Crippen LogP contribution in [0.4, 0.5) is 0 Å². The van der Waals surface area contributed by atoms with Crippen LogP contribution >= 0.6 is 0 Å². The van der Waals surface area contributed by atoms with Crippen molar-refractivity contribution >= 4 is 11.9 Å². The Morgan fingerprint density at radius 3 is 2.23 bits per heavy atom. The highest BCUT2D eigenvalue weighted by atomic mass is 16.6. The molecule has 0 saturated carbocycles. The molecule has 76 valence electrons. The van der Waals surface area contributed by atoms with E-state index in [1.807, 2.05) is 0 Å². The van der Waals surface area contributed by atoms with Gasteiger partial charge < -0.3 is 14.6 Å². The van der Waals surface area contributed by atoms with Crippen LogP contribution < -0.4 is 0 Å². The van der Waals surface area contributed by atoms with Gasteiger partial charge >= 0.3 is 11.9 Å². The number of rotatable bonds is 4. The Labute approximate surface area is 76.6 Å². The molecular formula is C8H14O5. The Hall–Kier alpha value is -1.10. The molecule has 0 aliphatic heterocycles. The van der Waals surface area contributed by atoms with Gasteiger partial charge in [-0.25, -0.2) is 9.59 Å². The molecule has 0 aromatic rings. The van der Waals surface area contributed by atoms with E-state index in [9.17, 15) is 9.59 Å². The summed E-state index contributed by atoms with van der Waals surface area (Å²) in [6, 6.07) is 0. The second-order valence-corrected chi connectivity index (χ2v) is 2.51. The number of hydrogen-bond acceptors (Lipinski definition) is 5. The first-order valence-electron chi connectivity index (χ1n) is 4.04. The standard InChI is InChI=1S/C8H14O5/c1-4-12-8(11)6(3)13-7(10)5(2)9/h5-6,9H,4H2,1-3H3/t5-,6-/m0/s1. The van der Waals surface area contributed by atoms with E-state index in [1.165, 1.54) is 13.8 Å². The summed E-state index contributed by atoms with van der Waals surface area (Å²) in [5.41, 5.74) is 0. The summed E-state index contributed by atoms with van der Waals surface area (Å²) in [6.07, 6.45) is -2.20. The predicted molar refractivity (Wildman–Crippen MR) is 43.9 cm³/mol. The number of hydrogen-bond donors (Lipinski definition) is 1. The Kier molecular flexibility index (Phi) is 5.06.